The first-order chi connectivity index (χ1) is 10.0. The molecule has 3 nitrogen and oxygen atoms in total. The van der Waals surface area contributed by atoms with Gasteiger partial charge in [0.1, 0.15) is 5.82 Å². The van der Waals surface area contributed by atoms with Crippen LogP contribution in [-0.2, 0) is 11.2 Å². The van der Waals surface area contributed by atoms with Crippen LogP contribution < -0.4 is 5.43 Å². The molecule has 0 heterocycles. The van der Waals surface area contributed by atoms with E-state index < -0.39 is 0 Å². The smallest absolute Gasteiger partial charge is 0.244 e. The minimum Gasteiger partial charge on any atom is -0.273 e. The maximum atomic E-state index is 12.7. The maximum absolute atomic E-state index is 12.7. The van der Waals surface area contributed by atoms with Crippen molar-refractivity contribution in [3.05, 3.63) is 69.5 Å². The highest BCUT2D eigenvalue weighted by Gasteiger charge is 2.03. The van der Waals surface area contributed by atoms with Gasteiger partial charge in [-0.05, 0) is 29.8 Å². The van der Waals surface area contributed by atoms with Crippen molar-refractivity contribution in [1.82, 2.24) is 5.43 Å². The normalized spacial score (nSPS) is 10.8. The summed E-state index contributed by atoms with van der Waals surface area (Å²) in [6, 6.07) is 10.7. The van der Waals surface area contributed by atoms with Crippen molar-refractivity contribution >= 4 is 35.3 Å². The van der Waals surface area contributed by atoms with Gasteiger partial charge in [-0.3, -0.25) is 4.79 Å². The van der Waals surface area contributed by atoms with Gasteiger partial charge < -0.3 is 0 Å². The molecule has 0 unspecified atom stereocenters. The van der Waals surface area contributed by atoms with E-state index in [4.69, 9.17) is 23.2 Å². The molecule has 0 spiro atoms. The number of hydrogen-bond acceptors (Lipinski definition) is 2. The van der Waals surface area contributed by atoms with Crippen molar-refractivity contribution in [1.29, 1.82) is 0 Å². The number of nitrogens with zero attached hydrogens (tertiary/aromatic N) is 1. The molecule has 2 rings (SSSR count). The minimum absolute atomic E-state index is 0.117. The van der Waals surface area contributed by atoms with Crippen LogP contribution in [0.25, 0.3) is 0 Å². The Kier molecular flexibility index (Phi) is 5.31. The van der Waals surface area contributed by atoms with Gasteiger partial charge >= 0.3 is 0 Å². The number of halogens is 3. The average molecular weight is 325 g/mol. The molecule has 2 aromatic carbocycles. The van der Waals surface area contributed by atoms with Gasteiger partial charge in [-0.25, -0.2) is 9.82 Å². The van der Waals surface area contributed by atoms with Crippen molar-refractivity contribution in [2.75, 3.05) is 0 Å². The predicted molar refractivity (Wildman–Crippen MR) is 82.3 cm³/mol. The maximum Gasteiger partial charge on any atom is 0.244 e. The first-order valence-electron chi connectivity index (χ1n) is 6.06. The summed E-state index contributed by atoms with van der Waals surface area (Å²) < 4.78 is 12.7. The van der Waals surface area contributed by atoms with Gasteiger partial charge in [0.15, 0.2) is 0 Å². The highest BCUT2D eigenvalue weighted by molar-refractivity contribution is 6.36. The number of carbonyl (C=O) groups is 1. The van der Waals surface area contributed by atoms with Crippen molar-refractivity contribution in [3.63, 3.8) is 0 Å². The van der Waals surface area contributed by atoms with Gasteiger partial charge in [0, 0.05) is 10.6 Å². The molecule has 0 aliphatic carbocycles. The molecule has 21 heavy (non-hydrogen) atoms. The number of amides is 1. The van der Waals surface area contributed by atoms with Crippen LogP contribution in [0.2, 0.25) is 10.0 Å². The molecule has 0 aliphatic rings. The van der Waals surface area contributed by atoms with Gasteiger partial charge in [-0.1, -0.05) is 41.4 Å². The second-order valence-corrected chi connectivity index (χ2v) is 5.11. The van der Waals surface area contributed by atoms with Gasteiger partial charge in [0.05, 0.1) is 17.7 Å². The lowest BCUT2D eigenvalue weighted by Gasteiger charge is -2.01. The van der Waals surface area contributed by atoms with Crippen LogP contribution in [0.5, 0.6) is 0 Å². The third kappa shape index (κ3) is 4.85. The van der Waals surface area contributed by atoms with E-state index in [-0.39, 0.29) is 18.1 Å². The summed E-state index contributed by atoms with van der Waals surface area (Å²) in [6.45, 7) is 0. The molecule has 1 N–H and O–H groups in total. The highest BCUT2D eigenvalue weighted by Crippen LogP contribution is 2.19. The fraction of sp³-hybridized carbons (Fsp3) is 0.0667. The molecule has 0 atom stereocenters. The summed E-state index contributed by atoms with van der Waals surface area (Å²) in [5.41, 5.74) is 3.73. The Labute approximate surface area is 131 Å². The van der Waals surface area contributed by atoms with Gasteiger partial charge in [-0.15, -0.1) is 0 Å². The topological polar surface area (TPSA) is 41.5 Å². The number of hydrazone groups is 1. The van der Waals surface area contributed by atoms with Crippen LogP contribution in [0.3, 0.4) is 0 Å². The highest BCUT2D eigenvalue weighted by atomic mass is 35.5. The second-order valence-electron chi connectivity index (χ2n) is 4.26. The van der Waals surface area contributed by atoms with Crippen LogP contribution in [0.4, 0.5) is 4.39 Å². The van der Waals surface area contributed by atoms with Crippen LogP contribution in [0.1, 0.15) is 11.1 Å². The van der Waals surface area contributed by atoms with E-state index in [0.29, 0.717) is 21.2 Å². The van der Waals surface area contributed by atoms with Gasteiger partial charge in [0.2, 0.25) is 5.91 Å². The van der Waals surface area contributed by atoms with E-state index in [9.17, 15) is 9.18 Å². The minimum atomic E-state index is -0.338. The van der Waals surface area contributed by atoms with Crippen molar-refractivity contribution in [2.45, 2.75) is 6.42 Å². The molecule has 2 aromatic rings. The summed E-state index contributed by atoms with van der Waals surface area (Å²) in [6.07, 6.45) is 1.55. The Morgan fingerprint density at radius 1 is 1.19 bits per heavy atom. The third-order valence-corrected chi connectivity index (χ3v) is 3.20. The van der Waals surface area contributed by atoms with Crippen molar-refractivity contribution < 1.29 is 9.18 Å². The molecule has 0 fully saturated rings. The standard InChI is InChI=1S/C15H11Cl2FN2O/c16-12-4-3-11(14(17)8-12)9-19-20-15(21)7-10-1-5-13(18)6-2-10/h1-6,8-9H,7H2,(H,20,21)/b19-9-. The molecule has 0 bridgehead atoms. The quantitative estimate of drug-likeness (QED) is 0.674. The molecule has 108 valence electrons. The van der Waals surface area contributed by atoms with Crippen LogP contribution in [0.15, 0.2) is 47.6 Å². The number of rotatable bonds is 4. The molecule has 1 amide bonds. The summed E-state index contributed by atoms with van der Waals surface area (Å²) in [4.78, 5) is 11.7. The molecule has 0 aromatic heterocycles. The largest absolute Gasteiger partial charge is 0.273 e. The molecular weight excluding hydrogens is 314 g/mol. The predicted octanol–water partition coefficient (Wildman–Crippen LogP) is 3.83. The fourth-order valence-corrected chi connectivity index (χ4v) is 2.06. The first-order valence-corrected chi connectivity index (χ1v) is 6.81. The molecule has 6 heteroatoms. The number of hydrogen-bond donors (Lipinski definition) is 1. The molecular formula is C15H11Cl2FN2O. The molecule has 0 saturated carbocycles. The van der Waals surface area contributed by atoms with Crippen LogP contribution in [0, 0.1) is 5.82 Å². The van der Waals surface area contributed by atoms with E-state index >= 15 is 0 Å². The zero-order valence-electron chi connectivity index (χ0n) is 10.8. The lowest BCUT2D eigenvalue weighted by molar-refractivity contribution is -0.120. The third-order valence-electron chi connectivity index (χ3n) is 2.63. The molecule has 0 saturated heterocycles. The Morgan fingerprint density at radius 3 is 2.57 bits per heavy atom. The summed E-state index contributed by atoms with van der Waals surface area (Å²) in [7, 11) is 0. The van der Waals surface area contributed by atoms with Crippen molar-refractivity contribution in [2.24, 2.45) is 5.10 Å². The van der Waals surface area contributed by atoms with E-state index in [2.05, 4.69) is 10.5 Å². The SMILES string of the molecule is O=C(Cc1ccc(F)cc1)N/N=C\c1ccc(Cl)cc1Cl. The van der Waals surface area contributed by atoms with E-state index in [1.54, 1.807) is 30.3 Å². The van der Waals surface area contributed by atoms with Crippen molar-refractivity contribution in [3.8, 4) is 0 Å². The number of nitrogens with one attached hydrogen (secondary N) is 1. The van der Waals surface area contributed by atoms with Crippen LogP contribution in [-0.4, -0.2) is 12.1 Å². The average Bonchev–Trinajstić information content (AvgIpc) is 2.44. The zero-order valence-corrected chi connectivity index (χ0v) is 12.3. The summed E-state index contributed by atoms with van der Waals surface area (Å²) in [5.74, 6) is -0.641. The lowest BCUT2D eigenvalue weighted by Crippen LogP contribution is -2.19. The summed E-state index contributed by atoms with van der Waals surface area (Å²) >= 11 is 11.7. The Bertz CT molecular complexity index is 672. The Hall–Kier alpha value is -1.91. The van der Waals surface area contributed by atoms with E-state index in [1.807, 2.05) is 0 Å². The summed E-state index contributed by atoms with van der Waals surface area (Å²) in [5, 5.41) is 4.79. The Balaban J connectivity index is 1.91. The van der Waals surface area contributed by atoms with Gasteiger partial charge in [0.25, 0.3) is 0 Å². The van der Waals surface area contributed by atoms with Crippen LogP contribution >= 0.6 is 23.2 Å². The monoisotopic (exact) mass is 324 g/mol. The van der Waals surface area contributed by atoms with E-state index in [1.165, 1.54) is 18.3 Å². The molecule has 0 radical (unpaired) electrons. The first kappa shape index (κ1) is 15.5. The lowest BCUT2D eigenvalue weighted by atomic mass is 10.1. The molecule has 0 aliphatic heterocycles. The zero-order chi connectivity index (χ0) is 15.2. The number of carbonyl (C=O) groups excluding carboxylic acids is 1. The van der Waals surface area contributed by atoms with E-state index in [0.717, 1.165) is 0 Å². The number of benzene rings is 2. The van der Waals surface area contributed by atoms with Gasteiger partial charge in [-0.2, -0.15) is 5.10 Å². The Morgan fingerprint density at radius 2 is 1.90 bits per heavy atom. The fourth-order valence-electron chi connectivity index (χ4n) is 1.61. The second kappa shape index (κ2) is 7.20.